The van der Waals surface area contributed by atoms with Gasteiger partial charge in [-0.3, -0.25) is 14.7 Å². The van der Waals surface area contributed by atoms with E-state index in [9.17, 15) is 4.79 Å². The zero-order chi connectivity index (χ0) is 22.6. The number of hydrogen-bond donors (Lipinski definition) is 0. The molecule has 2 aromatic carbocycles. The molecule has 1 saturated heterocycles. The molecular weight excluding hydrogens is 418 g/mol. The Labute approximate surface area is 191 Å². The number of fused-ring (bicyclic) bond motifs is 1. The van der Waals surface area contributed by atoms with Gasteiger partial charge in [0.25, 0.3) is 0 Å². The Bertz CT molecular complexity index is 1240. The van der Waals surface area contributed by atoms with Crippen LogP contribution in [0.1, 0.15) is 11.5 Å². The van der Waals surface area contributed by atoms with Crippen LogP contribution in [-0.2, 0) is 17.8 Å². The van der Waals surface area contributed by atoms with Crippen molar-refractivity contribution < 1.29 is 14.1 Å². The highest BCUT2D eigenvalue weighted by Gasteiger charge is 2.23. The van der Waals surface area contributed by atoms with E-state index in [0.29, 0.717) is 37.8 Å². The van der Waals surface area contributed by atoms with E-state index in [4.69, 9.17) is 9.26 Å². The van der Waals surface area contributed by atoms with Crippen LogP contribution in [0.4, 0.5) is 0 Å². The minimum absolute atomic E-state index is 0.132. The van der Waals surface area contributed by atoms with Crippen molar-refractivity contribution in [3.8, 4) is 17.1 Å². The van der Waals surface area contributed by atoms with Crippen molar-refractivity contribution in [3.05, 3.63) is 72.2 Å². The Hall–Kier alpha value is -3.78. The molecule has 168 valence electrons. The molecule has 0 radical (unpaired) electrons. The number of benzene rings is 2. The Morgan fingerprint density at radius 1 is 1.03 bits per heavy atom. The Kier molecular flexibility index (Phi) is 5.99. The van der Waals surface area contributed by atoms with Crippen molar-refractivity contribution in [1.82, 2.24) is 24.9 Å². The first kappa shape index (κ1) is 21.1. The largest absolute Gasteiger partial charge is 0.497 e. The van der Waals surface area contributed by atoms with Gasteiger partial charge in [-0.05, 0) is 35.9 Å². The molecule has 1 fully saturated rings. The minimum atomic E-state index is 0.132. The summed E-state index contributed by atoms with van der Waals surface area (Å²) in [7, 11) is 1.63. The van der Waals surface area contributed by atoms with Crippen LogP contribution in [0.5, 0.6) is 5.75 Å². The molecule has 0 atom stereocenters. The van der Waals surface area contributed by atoms with Gasteiger partial charge >= 0.3 is 0 Å². The summed E-state index contributed by atoms with van der Waals surface area (Å²) in [4.78, 5) is 26.1. The van der Waals surface area contributed by atoms with E-state index in [1.165, 1.54) is 0 Å². The van der Waals surface area contributed by atoms with Crippen LogP contribution in [0.3, 0.4) is 0 Å². The minimum Gasteiger partial charge on any atom is -0.497 e. The van der Waals surface area contributed by atoms with Gasteiger partial charge in [0.05, 0.1) is 25.6 Å². The molecule has 1 aliphatic rings. The highest BCUT2D eigenvalue weighted by molar-refractivity contribution is 5.87. The third-order valence-corrected chi connectivity index (χ3v) is 5.96. The fourth-order valence-electron chi connectivity index (χ4n) is 4.11. The molecule has 8 nitrogen and oxygen atoms in total. The maximum Gasteiger partial charge on any atom is 0.241 e. The maximum atomic E-state index is 12.9. The second-order valence-corrected chi connectivity index (χ2v) is 8.07. The average molecular weight is 444 g/mol. The topological polar surface area (TPSA) is 84.6 Å². The summed E-state index contributed by atoms with van der Waals surface area (Å²) in [6.45, 7) is 3.45. The average Bonchev–Trinajstić information content (AvgIpc) is 3.33. The predicted octanol–water partition coefficient (Wildman–Crippen LogP) is 3.18. The van der Waals surface area contributed by atoms with Gasteiger partial charge in [-0.2, -0.15) is 4.98 Å². The molecule has 3 heterocycles. The number of para-hydroxylation sites is 1. The van der Waals surface area contributed by atoms with Gasteiger partial charge in [-0.25, -0.2) is 0 Å². The summed E-state index contributed by atoms with van der Waals surface area (Å²) in [5.74, 6) is 2.05. The quantitative estimate of drug-likeness (QED) is 0.452. The van der Waals surface area contributed by atoms with Crippen LogP contribution >= 0.6 is 0 Å². The van der Waals surface area contributed by atoms with Gasteiger partial charge < -0.3 is 14.2 Å². The summed E-state index contributed by atoms with van der Waals surface area (Å²) in [6, 6.07) is 17.5. The first-order valence-corrected chi connectivity index (χ1v) is 11.0. The zero-order valence-electron chi connectivity index (χ0n) is 18.5. The molecule has 0 unspecified atom stereocenters. The summed E-state index contributed by atoms with van der Waals surface area (Å²) < 4.78 is 10.6. The number of ether oxygens (including phenoxy) is 1. The van der Waals surface area contributed by atoms with Gasteiger partial charge in [0, 0.05) is 43.3 Å². The molecule has 8 heteroatoms. The van der Waals surface area contributed by atoms with Crippen molar-refractivity contribution in [1.29, 1.82) is 0 Å². The number of piperazine rings is 1. The monoisotopic (exact) mass is 443 g/mol. The molecule has 1 aliphatic heterocycles. The number of hydrogen-bond acceptors (Lipinski definition) is 7. The number of methoxy groups -OCH3 is 1. The summed E-state index contributed by atoms with van der Waals surface area (Å²) in [5, 5.41) is 5.15. The molecule has 33 heavy (non-hydrogen) atoms. The predicted molar refractivity (Wildman–Crippen MR) is 124 cm³/mol. The van der Waals surface area contributed by atoms with E-state index < -0.39 is 0 Å². The Balaban J connectivity index is 1.16. The second kappa shape index (κ2) is 9.38. The SMILES string of the molecule is COc1ccc(-c2noc(CN3CCN(C(=O)Cc4cccc5cccnc45)CC3)n2)cc1. The lowest BCUT2D eigenvalue weighted by Gasteiger charge is -2.34. The summed E-state index contributed by atoms with van der Waals surface area (Å²) in [5.41, 5.74) is 2.75. The Morgan fingerprint density at radius 2 is 1.82 bits per heavy atom. The van der Waals surface area contributed by atoms with Gasteiger partial charge in [-0.1, -0.05) is 29.4 Å². The number of nitrogens with zero attached hydrogens (tertiary/aromatic N) is 5. The Morgan fingerprint density at radius 3 is 2.61 bits per heavy atom. The lowest BCUT2D eigenvalue weighted by Crippen LogP contribution is -2.48. The number of pyridine rings is 1. The molecule has 0 N–H and O–H groups in total. The van der Waals surface area contributed by atoms with Crippen LogP contribution in [0.2, 0.25) is 0 Å². The number of rotatable bonds is 6. The van der Waals surface area contributed by atoms with Crippen molar-refractivity contribution in [2.24, 2.45) is 0 Å². The molecule has 1 amide bonds. The zero-order valence-corrected chi connectivity index (χ0v) is 18.5. The highest BCUT2D eigenvalue weighted by Crippen LogP contribution is 2.21. The fraction of sp³-hybridized carbons (Fsp3) is 0.280. The standard InChI is InChI=1S/C25H25N5O3/c1-32-21-9-7-19(8-10-21)25-27-22(33-28-25)17-29-12-14-30(15-13-29)23(31)16-20-5-2-4-18-6-3-11-26-24(18)20/h2-11H,12-17H2,1H3. The lowest BCUT2D eigenvalue weighted by molar-refractivity contribution is -0.132. The molecule has 0 spiro atoms. The maximum absolute atomic E-state index is 12.9. The molecule has 0 bridgehead atoms. The van der Waals surface area contributed by atoms with Crippen LogP contribution in [0.25, 0.3) is 22.3 Å². The number of carbonyl (C=O) groups is 1. The van der Waals surface area contributed by atoms with Crippen LogP contribution in [0, 0.1) is 0 Å². The van der Waals surface area contributed by atoms with Crippen LogP contribution in [0.15, 0.2) is 65.3 Å². The summed E-state index contributed by atoms with van der Waals surface area (Å²) >= 11 is 0. The third-order valence-electron chi connectivity index (χ3n) is 5.96. The third kappa shape index (κ3) is 4.70. The van der Waals surface area contributed by atoms with E-state index in [2.05, 4.69) is 20.0 Å². The van der Waals surface area contributed by atoms with E-state index in [-0.39, 0.29) is 5.91 Å². The second-order valence-electron chi connectivity index (χ2n) is 8.07. The van der Waals surface area contributed by atoms with Crippen LogP contribution < -0.4 is 4.74 Å². The van der Waals surface area contributed by atoms with E-state index in [1.807, 2.05) is 59.5 Å². The fourth-order valence-corrected chi connectivity index (χ4v) is 4.11. The normalized spacial score (nSPS) is 14.5. The van der Waals surface area contributed by atoms with Crippen LogP contribution in [-0.4, -0.2) is 64.1 Å². The molecule has 4 aromatic rings. The summed E-state index contributed by atoms with van der Waals surface area (Å²) in [6.07, 6.45) is 2.13. The van der Waals surface area contributed by atoms with Gasteiger partial charge in [0.1, 0.15) is 5.75 Å². The van der Waals surface area contributed by atoms with Crippen molar-refractivity contribution in [3.63, 3.8) is 0 Å². The molecule has 5 rings (SSSR count). The smallest absolute Gasteiger partial charge is 0.241 e. The van der Waals surface area contributed by atoms with Crippen molar-refractivity contribution >= 4 is 16.8 Å². The van der Waals surface area contributed by atoms with Gasteiger partial charge in [-0.15, -0.1) is 0 Å². The van der Waals surface area contributed by atoms with Crippen molar-refractivity contribution in [2.75, 3.05) is 33.3 Å². The molecule has 2 aromatic heterocycles. The van der Waals surface area contributed by atoms with Gasteiger partial charge in [0.15, 0.2) is 0 Å². The molecular formula is C25H25N5O3. The van der Waals surface area contributed by atoms with E-state index >= 15 is 0 Å². The molecule has 0 aliphatic carbocycles. The number of carbonyl (C=O) groups excluding carboxylic acids is 1. The highest BCUT2D eigenvalue weighted by atomic mass is 16.5. The number of amides is 1. The van der Waals surface area contributed by atoms with E-state index in [0.717, 1.165) is 40.9 Å². The van der Waals surface area contributed by atoms with E-state index in [1.54, 1.807) is 13.3 Å². The van der Waals surface area contributed by atoms with Crippen molar-refractivity contribution in [2.45, 2.75) is 13.0 Å². The first-order valence-electron chi connectivity index (χ1n) is 11.0. The molecule has 0 saturated carbocycles. The van der Waals surface area contributed by atoms with Gasteiger partial charge in [0.2, 0.25) is 17.6 Å². The number of aromatic nitrogens is 3. The first-order chi connectivity index (χ1) is 16.2. The lowest BCUT2D eigenvalue weighted by atomic mass is 10.1.